The maximum Gasteiger partial charge on any atom is 0.251 e. The standard InChI is InChI=1S/C14H20BrNO2/c1-3-11(7-8-17)9-16-14(18)12-5-4-6-13(15)10(12)2/h4-6,11,17H,3,7-9H2,1-2H3,(H,16,18). The highest BCUT2D eigenvalue weighted by Crippen LogP contribution is 2.19. The molecular formula is C14H20BrNO2. The molecule has 0 aliphatic carbocycles. The lowest BCUT2D eigenvalue weighted by atomic mass is 10.0. The largest absolute Gasteiger partial charge is 0.396 e. The Morgan fingerprint density at radius 1 is 1.50 bits per heavy atom. The number of hydrogen-bond donors (Lipinski definition) is 2. The van der Waals surface area contributed by atoms with E-state index in [0.717, 1.165) is 22.9 Å². The summed E-state index contributed by atoms with van der Waals surface area (Å²) < 4.78 is 0.942. The molecule has 0 aliphatic heterocycles. The van der Waals surface area contributed by atoms with Crippen LogP contribution in [-0.2, 0) is 0 Å². The number of aliphatic hydroxyl groups excluding tert-OH is 1. The summed E-state index contributed by atoms with van der Waals surface area (Å²) in [6, 6.07) is 5.60. The molecule has 1 unspecified atom stereocenters. The lowest BCUT2D eigenvalue weighted by Gasteiger charge is -2.15. The summed E-state index contributed by atoms with van der Waals surface area (Å²) in [5, 5.41) is 11.8. The zero-order valence-corrected chi connectivity index (χ0v) is 12.5. The molecule has 1 atom stereocenters. The number of amides is 1. The Kier molecular flexibility index (Phi) is 6.36. The van der Waals surface area contributed by atoms with Gasteiger partial charge < -0.3 is 10.4 Å². The molecule has 2 N–H and O–H groups in total. The molecule has 0 fully saturated rings. The topological polar surface area (TPSA) is 49.3 Å². The average molecular weight is 314 g/mol. The van der Waals surface area contributed by atoms with Crippen LogP contribution in [0.15, 0.2) is 22.7 Å². The lowest BCUT2D eigenvalue weighted by molar-refractivity contribution is 0.0943. The summed E-state index contributed by atoms with van der Waals surface area (Å²) in [5.74, 6) is 0.289. The van der Waals surface area contributed by atoms with Gasteiger partial charge in [-0.05, 0) is 37.0 Å². The highest BCUT2D eigenvalue weighted by atomic mass is 79.9. The van der Waals surface area contributed by atoms with E-state index in [1.165, 1.54) is 0 Å². The Morgan fingerprint density at radius 2 is 2.22 bits per heavy atom. The molecule has 0 saturated carbocycles. The molecule has 0 bridgehead atoms. The van der Waals surface area contributed by atoms with Gasteiger partial charge in [0.05, 0.1) is 0 Å². The minimum atomic E-state index is -0.0508. The van der Waals surface area contributed by atoms with Crippen LogP contribution in [0.4, 0.5) is 0 Å². The van der Waals surface area contributed by atoms with Crippen LogP contribution in [0, 0.1) is 12.8 Å². The van der Waals surface area contributed by atoms with Crippen LogP contribution < -0.4 is 5.32 Å². The van der Waals surface area contributed by atoms with E-state index >= 15 is 0 Å². The zero-order chi connectivity index (χ0) is 13.5. The van der Waals surface area contributed by atoms with Crippen molar-refractivity contribution in [3.63, 3.8) is 0 Å². The molecule has 0 spiro atoms. The van der Waals surface area contributed by atoms with E-state index in [1.54, 1.807) is 0 Å². The fraction of sp³-hybridized carbons (Fsp3) is 0.500. The van der Waals surface area contributed by atoms with Crippen molar-refractivity contribution >= 4 is 21.8 Å². The maximum absolute atomic E-state index is 12.0. The van der Waals surface area contributed by atoms with Crippen molar-refractivity contribution < 1.29 is 9.90 Å². The molecule has 1 aromatic carbocycles. The van der Waals surface area contributed by atoms with Crippen LogP contribution in [-0.4, -0.2) is 24.2 Å². The van der Waals surface area contributed by atoms with Crippen molar-refractivity contribution in [3.05, 3.63) is 33.8 Å². The number of nitrogens with one attached hydrogen (secondary N) is 1. The van der Waals surface area contributed by atoms with Crippen LogP contribution >= 0.6 is 15.9 Å². The number of rotatable bonds is 6. The Hall–Kier alpha value is -0.870. The molecule has 0 aromatic heterocycles. The second-order valence-corrected chi connectivity index (χ2v) is 5.26. The van der Waals surface area contributed by atoms with Crippen molar-refractivity contribution in [2.45, 2.75) is 26.7 Å². The number of hydrogen-bond acceptors (Lipinski definition) is 2. The van der Waals surface area contributed by atoms with Gasteiger partial charge in [0.1, 0.15) is 0 Å². The van der Waals surface area contributed by atoms with E-state index in [1.807, 2.05) is 25.1 Å². The minimum absolute atomic E-state index is 0.0508. The highest BCUT2D eigenvalue weighted by Gasteiger charge is 2.12. The molecule has 1 aromatic rings. The Labute approximate surface area is 117 Å². The van der Waals surface area contributed by atoms with E-state index in [9.17, 15) is 4.79 Å². The molecule has 0 aliphatic rings. The third-order valence-electron chi connectivity index (χ3n) is 3.18. The van der Waals surface area contributed by atoms with Gasteiger partial charge in [-0.1, -0.05) is 35.3 Å². The van der Waals surface area contributed by atoms with Crippen LogP contribution in [0.5, 0.6) is 0 Å². The van der Waals surface area contributed by atoms with E-state index < -0.39 is 0 Å². The highest BCUT2D eigenvalue weighted by molar-refractivity contribution is 9.10. The fourth-order valence-corrected chi connectivity index (χ4v) is 2.19. The van der Waals surface area contributed by atoms with Crippen molar-refractivity contribution in [2.24, 2.45) is 5.92 Å². The average Bonchev–Trinajstić information content (AvgIpc) is 2.37. The number of halogens is 1. The first-order valence-corrected chi connectivity index (χ1v) is 7.03. The Balaban J connectivity index is 2.62. The smallest absolute Gasteiger partial charge is 0.251 e. The summed E-state index contributed by atoms with van der Waals surface area (Å²) >= 11 is 3.42. The molecule has 4 heteroatoms. The first-order chi connectivity index (χ1) is 8.60. The molecule has 3 nitrogen and oxygen atoms in total. The number of benzene rings is 1. The quantitative estimate of drug-likeness (QED) is 0.848. The van der Waals surface area contributed by atoms with Gasteiger partial charge >= 0.3 is 0 Å². The van der Waals surface area contributed by atoms with Crippen molar-refractivity contribution in [2.75, 3.05) is 13.2 Å². The third kappa shape index (κ3) is 4.10. The molecule has 1 rings (SSSR count). The molecule has 0 saturated heterocycles. The summed E-state index contributed by atoms with van der Waals surface area (Å²) in [5.41, 5.74) is 1.65. The maximum atomic E-state index is 12.0. The Morgan fingerprint density at radius 3 is 2.83 bits per heavy atom. The van der Waals surface area contributed by atoms with Gasteiger partial charge in [-0.2, -0.15) is 0 Å². The summed E-state index contributed by atoms with van der Waals surface area (Å²) in [7, 11) is 0. The van der Waals surface area contributed by atoms with Gasteiger partial charge in [0.15, 0.2) is 0 Å². The predicted molar refractivity (Wildman–Crippen MR) is 76.7 cm³/mol. The fourth-order valence-electron chi connectivity index (χ4n) is 1.82. The molecular weight excluding hydrogens is 294 g/mol. The molecule has 0 heterocycles. The van der Waals surface area contributed by atoms with Crippen LogP contribution in [0.3, 0.4) is 0 Å². The van der Waals surface area contributed by atoms with Crippen LogP contribution in [0.2, 0.25) is 0 Å². The van der Waals surface area contributed by atoms with Crippen molar-refractivity contribution in [3.8, 4) is 0 Å². The first kappa shape index (κ1) is 15.2. The zero-order valence-electron chi connectivity index (χ0n) is 10.9. The minimum Gasteiger partial charge on any atom is -0.396 e. The van der Waals surface area contributed by atoms with Crippen LogP contribution in [0.1, 0.15) is 35.7 Å². The Bertz CT molecular complexity index is 407. The molecule has 0 radical (unpaired) electrons. The monoisotopic (exact) mass is 313 g/mol. The number of aliphatic hydroxyl groups is 1. The molecule has 100 valence electrons. The van der Waals surface area contributed by atoms with Gasteiger partial charge in [0.25, 0.3) is 5.91 Å². The van der Waals surface area contributed by atoms with Gasteiger partial charge in [0.2, 0.25) is 0 Å². The van der Waals surface area contributed by atoms with E-state index in [0.29, 0.717) is 18.0 Å². The van der Waals surface area contributed by atoms with Crippen molar-refractivity contribution in [1.29, 1.82) is 0 Å². The van der Waals surface area contributed by atoms with Gasteiger partial charge in [-0.15, -0.1) is 0 Å². The first-order valence-electron chi connectivity index (χ1n) is 6.24. The summed E-state index contributed by atoms with van der Waals surface area (Å²) in [6.45, 7) is 4.77. The predicted octanol–water partition coefficient (Wildman–Crippen LogP) is 2.90. The molecule has 1 amide bonds. The third-order valence-corrected chi connectivity index (χ3v) is 4.04. The molecule has 18 heavy (non-hydrogen) atoms. The van der Waals surface area contributed by atoms with Gasteiger partial charge in [-0.3, -0.25) is 4.79 Å². The van der Waals surface area contributed by atoms with Crippen LogP contribution in [0.25, 0.3) is 0 Å². The lowest BCUT2D eigenvalue weighted by Crippen LogP contribution is -2.30. The van der Waals surface area contributed by atoms with E-state index in [4.69, 9.17) is 5.11 Å². The summed E-state index contributed by atoms with van der Waals surface area (Å²) in [6.07, 6.45) is 1.69. The number of carbonyl (C=O) groups is 1. The van der Waals surface area contributed by atoms with E-state index in [2.05, 4.69) is 28.2 Å². The van der Waals surface area contributed by atoms with Crippen molar-refractivity contribution in [1.82, 2.24) is 5.32 Å². The second kappa shape index (κ2) is 7.54. The second-order valence-electron chi connectivity index (χ2n) is 4.41. The number of carbonyl (C=O) groups excluding carboxylic acids is 1. The normalized spacial score (nSPS) is 12.2. The van der Waals surface area contributed by atoms with Gasteiger partial charge in [-0.25, -0.2) is 0 Å². The van der Waals surface area contributed by atoms with E-state index in [-0.39, 0.29) is 12.5 Å². The summed E-state index contributed by atoms with van der Waals surface area (Å²) in [4.78, 5) is 12.0. The SMILES string of the molecule is CCC(CCO)CNC(=O)c1cccc(Br)c1C. The van der Waals surface area contributed by atoms with Gasteiger partial charge in [0, 0.05) is 23.2 Å².